The predicted molar refractivity (Wildman–Crippen MR) is 79.2 cm³/mol. The molecular weight excluding hydrogens is 268 g/mol. The molecule has 21 heavy (non-hydrogen) atoms. The molecule has 0 bridgehead atoms. The Morgan fingerprint density at radius 3 is 2.24 bits per heavy atom. The van der Waals surface area contributed by atoms with E-state index in [2.05, 4.69) is 10.9 Å². The van der Waals surface area contributed by atoms with Gasteiger partial charge in [0.15, 0.2) is 0 Å². The SMILES string of the molecule is O=C(C=Cc1ccc(O)cc1)NNC(=O)c1ccccc1. The molecule has 2 rings (SSSR count). The van der Waals surface area contributed by atoms with Crippen molar-refractivity contribution >= 4 is 17.9 Å². The zero-order valence-electron chi connectivity index (χ0n) is 11.1. The lowest BCUT2D eigenvalue weighted by Gasteiger charge is -2.04. The molecule has 106 valence electrons. The van der Waals surface area contributed by atoms with Gasteiger partial charge in [0.2, 0.25) is 0 Å². The van der Waals surface area contributed by atoms with Crippen LogP contribution in [0.2, 0.25) is 0 Å². The van der Waals surface area contributed by atoms with Crippen molar-refractivity contribution in [2.75, 3.05) is 0 Å². The molecular formula is C16H14N2O3. The minimum atomic E-state index is -0.452. The number of phenols is 1. The minimum absolute atomic E-state index is 0.159. The highest BCUT2D eigenvalue weighted by Gasteiger charge is 2.04. The lowest BCUT2D eigenvalue weighted by Crippen LogP contribution is -2.40. The van der Waals surface area contributed by atoms with Gasteiger partial charge in [-0.05, 0) is 35.9 Å². The van der Waals surface area contributed by atoms with Crippen LogP contribution in [0.4, 0.5) is 0 Å². The van der Waals surface area contributed by atoms with E-state index in [1.165, 1.54) is 18.2 Å². The van der Waals surface area contributed by atoms with Crippen molar-refractivity contribution < 1.29 is 14.7 Å². The average Bonchev–Trinajstić information content (AvgIpc) is 2.53. The number of hydrazine groups is 1. The minimum Gasteiger partial charge on any atom is -0.508 e. The van der Waals surface area contributed by atoms with Gasteiger partial charge in [0.05, 0.1) is 0 Å². The summed E-state index contributed by atoms with van der Waals surface area (Å²) in [6.07, 6.45) is 2.86. The second kappa shape index (κ2) is 6.91. The quantitative estimate of drug-likeness (QED) is 0.594. The topological polar surface area (TPSA) is 78.4 Å². The summed E-state index contributed by atoms with van der Waals surface area (Å²) in [5.74, 6) is -0.680. The largest absolute Gasteiger partial charge is 0.508 e. The van der Waals surface area contributed by atoms with Gasteiger partial charge in [-0.15, -0.1) is 0 Å². The molecule has 5 nitrogen and oxygen atoms in total. The second-order valence-corrected chi connectivity index (χ2v) is 4.23. The summed E-state index contributed by atoms with van der Waals surface area (Å²) in [7, 11) is 0. The fraction of sp³-hybridized carbons (Fsp3) is 0. The van der Waals surface area contributed by atoms with Gasteiger partial charge in [0, 0.05) is 11.6 Å². The van der Waals surface area contributed by atoms with E-state index >= 15 is 0 Å². The van der Waals surface area contributed by atoms with Gasteiger partial charge in [-0.2, -0.15) is 0 Å². The number of benzene rings is 2. The van der Waals surface area contributed by atoms with Crippen molar-refractivity contribution in [2.45, 2.75) is 0 Å². The van der Waals surface area contributed by atoms with Gasteiger partial charge < -0.3 is 5.11 Å². The predicted octanol–water partition coefficient (Wildman–Crippen LogP) is 1.87. The van der Waals surface area contributed by atoms with Crippen molar-refractivity contribution in [3.05, 3.63) is 71.8 Å². The van der Waals surface area contributed by atoms with Crippen molar-refractivity contribution in [2.24, 2.45) is 0 Å². The Labute approximate surface area is 121 Å². The highest BCUT2D eigenvalue weighted by Crippen LogP contribution is 2.10. The lowest BCUT2D eigenvalue weighted by atomic mass is 10.2. The van der Waals surface area contributed by atoms with Crippen LogP contribution in [0, 0.1) is 0 Å². The molecule has 0 aliphatic heterocycles. The molecule has 3 N–H and O–H groups in total. The summed E-state index contributed by atoms with van der Waals surface area (Å²) >= 11 is 0. The summed E-state index contributed by atoms with van der Waals surface area (Å²) in [6, 6.07) is 15.0. The van der Waals surface area contributed by atoms with Crippen LogP contribution >= 0.6 is 0 Å². The highest BCUT2D eigenvalue weighted by molar-refractivity contribution is 5.97. The summed E-state index contributed by atoms with van der Waals surface area (Å²) in [5.41, 5.74) is 5.82. The number of amides is 2. The van der Waals surface area contributed by atoms with Crippen LogP contribution < -0.4 is 10.9 Å². The van der Waals surface area contributed by atoms with Crippen LogP contribution in [-0.2, 0) is 4.79 Å². The summed E-state index contributed by atoms with van der Waals surface area (Å²) < 4.78 is 0. The van der Waals surface area contributed by atoms with Gasteiger partial charge in [-0.3, -0.25) is 20.4 Å². The lowest BCUT2D eigenvalue weighted by molar-refractivity contribution is -0.117. The summed E-state index contributed by atoms with van der Waals surface area (Å²) in [4.78, 5) is 23.2. The Balaban J connectivity index is 1.85. The number of rotatable bonds is 3. The molecule has 2 amide bonds. The third kappa shape index (κ3) is 4.50. The molecule has 2 aromatic rings. The third-order valence-electron chi connectivity index (χ3n) is 2.66. The first kappa shape index (κ1) is 14.3. The van der Waals surface area contributed by atoms with E-state index in [0.717, 1.165) is 5.56 Å². The average molecular weight is 282 g/mol. The Morgan fingerprint density at radius 1 is 0.905 bits per heavy atom. The Bertz CT molecular complexity index is 649. The zero-order chi connectivity index (χ0) is 15.1. The van der Waals surface area contributed by atoms with Crippen molar-refractivity contribution in [3.8, 4) is 5.75 Å². The first-order valence-corrected chi connectivity index (χ1v) is 6.27. The van der Waals surface area contributed by atoms with E-state index < -0.39 is 5.91 Å². The van der Waals surface area contributed by atoms with Crippen LogP contribution in [0.1, 0.15) is 15.9 Å². The van der Waals surface area contributed by atoms with E-state index in [9.17, 15) is 9.59 Å². The molecule has 0 saturated heterocycles. The second-order valence-electron chi connectivity index (χ2n) is 4.23. The fourth-order valence-corrected chi connectivity index (χ4v) is 1.58. The first-order valence-electron chi connectivity index (χ1n) is 6.27. The van der Waals surface area contributed by atoms with Crippen LogP contribution in [0.25, 0.3) is 6.08 Å². The standard InChI is InChI=1S/C16H14N2O3/c19-14-9-6-12(7-10-14)8-11-15(20)17-18-16(21)13-4-2-1-3-5-13/h1-11,19H,(H,17,20)(H,18,21). The molecule has 0 atom stereocenters. The number of hydrogen-bond donors (Lipinski definition) is 3. The Morgan fingerprint density at radius 2 is 1.57 bits per heavy atom. The maximum atomic E-state index is 11.7. The van der Waals surface area contributed by atoms with Crippen molar-refractivity contribution in [1.29, 1.82) is 0 Å². The van der Waals surface area contributed by atoms with Crippen LogP contribution in [-0.4, -0.2) is 16.9 Å². The molecule has 0 unspecified atom stereocenters. The molecule has 0 spiro atoms. The zero-order valence-corrected chi connectivity index (χ0v) is 11.1. The van der Waals surface area contributed by atoms with Crippen molar-refractivity contribution in [1.82, 2.24) is 10.9 Å². The van der Waals surface area contributed by atoms with Gasteiger partial charge >= 0.3 is 0 Å². The maximum absolute atomic E-state index is 11.7. The Kier molecular flexibility index (Phi) is 4.71. The number of hydrogen-bond acceptors (Lipinski definition) is 3. The molecule has 5 heteroatoms. The van der Waals surface area contributed by atoms with E-state index in [1.807, 2.05) is 0 Å². The van der Waals surface area contributed by atoms with Gasteiger partial charge in [0.25, 0.3) is 11.8 Å². The highest BCUT2D eigenvalue weighted by atomic mass is 16.3. The van der Waals surface area contributed by atoms with Gasteiger partial charge in [-0.1, -0.05) is 30.3 Å². The number of phenolic OH excluding ortho intramolecular Hbond substituents is 1. The summed E-state index contributed by atoms with van der Waals surface area (Å²) in [5, 5.41) is 9.14. The number of carbonyl (C=O) groups excluding carboxylic acids is 2. The van der Waals surface area contributed by atoms with E-state index in [-0.39, 0.29) is 11.7 Å². The molecule has 2 aromatic carbocycles. The Hall–Kier alpha value is -3.08. The van der Waals surface area contributed by atoms with Crippen LogP contribution in [0.3, 0.4) is 0 Å². The molecule has 0 fully saturated rings. The van der Waals surface area contributed by atoms with Crippen LogP contribution in [0.15, 0.2) is 60.7 Å². The smallest absolute Gasteiger partial charge is 0.269 e. The molecule has 0 radical (unpaired) electrons. The first-order chi connectivity index (χ1) is 10.1. The van der Waals surface area contributed by atoms with E-state index in [1.54, 1.807) is 48.5 Å². The molecule has 0 saturated carbocycles. The van der Waals surface area contributed by atoms with Crippen LogP contribution in [0.5, 0.6) is 5.75 Å². The molecule has 0 aliphatic rings. The third-order valence-corrected chi connectivity index (χ3v) is 2.66. The van der Waals surface area contributed by atoms with E-state index in [0.29, 0.717) is 5.56 Å². The van der Waals surface area contributed by atoms with Crippen molar-refractivity contribution in [3.63, 3.8) is 0 Å². The maximum Gasteiger partial charge on any atom is 0.269 e. The molecule has 0 heterocycles. The summed E-state index contributed by atoms with van der Waals surface area (Å²) in [6.45, 7) is 0. The number of nitrogens with one attached hydrogen (secondary N) is 2. The van der Waals surface area contributed by atoms with Gasteiger partial charge in [0.1, 0.15) is 5.75 Å². The van der Waals surface area contributed by atoms with E-state index in [4.69, 9.17) is 5.11 Å². The number of carbonyl (C=O) groups is 2. The number of aromatic hydroxyl groups is 1. The molecule has 0 aromatic heterocycles. The normalized spacial score (nSPS) is 10.3. The molecule has 0 aliphatic carbocycles. The fourth-order valence-electron chi connectivity index (χ4n) is 1.58. The van der Waals surface area contributed by atoms with Gasteiger partial charge in [-0.25, -0.2) is 0 Å². The monoisotopic (exact) mass is 282 g/mol.